The van der Waals surface area contributed by atoms with Crippen molar-refractivity contribution >= 4 is 5.57 Å². The first-order valence-corrected chi connectivity index (χ1v) is 5.51. The minimum atomic E-state index is 0. The number of aryl methyl sites for hydroxylation is 2. The minimum Gasteiger partial charge on any atom is -1.00 e. The molecular formula is C12H13Cl2Ti. The van der Waals surface area contributed by atoms with Crippen molar-refractivity contribution in [3.8, 4) is 0 Å². The summed E-state index contributed by atoms with van der Waals surface area (Å²) in [5, 5.41) is 0. The minimum absolute atomic E-state index is 0. The molecule has 0 amide bonds. The van der Waals surface area contributed by atoms with Crippen molar-refractivity contribution in [1.82, 2.24) is 0 Å². The summed E-state index contributed by atoms with van der Waals surface area (Å²) in [5.41, 5.74) is 7.33. The van der Waals surface area contributed by atoms with Crippen molar-refractivity contribution in [1.29, 1.82) is 0 Å². The van der Waals surface area contributed by atoms with Crippen LogP contribution in [0.15, 0.2) is 18.2 Å². The maximum atomic E-state index is 2.37. The molecule has 1 aromatic carbocycles. The number of hydrogen-bond donors (Lipinski definition) is 0. The molecule has 0 spiro atoms. The molecule has 0 bridgehead atoms. The molecule has 15 heavy (non-hydrogen) atoms. The van der Waals surface area contributed by atoms with Crippen LogP contribution in [0.1, 0.15) is 33.4 Å². The molecule has 1 atom stereocenters. The molecule has 3 heteroatoms. The van der Waals surface area contributed by atoms with E-state index in [-0.39, 0.29) is 24.8 Å². The van der Waals surface area contributed by atoms with Gasteiger partial charge in [-0.2, -0.15) is 0 Å². The fraction of sp³-hybridized carbons (Fsp3) is 0.333. The van der Waals surface area contributed by atoms with Gasteiger partial charge in [-0.05, 0) is 0 Å². The summed E-state index contributed by atoms with van der Waals surface area (Å²) in [4.78, 5) is 0. The molecule has 0 nitrogen and oxygen atoms in total. The van der Waals surface area contributed by atoms with E-state index in [1.165, 1.54) is 27.8 Å². The average Bonchev–Trinajstić information content (AvgIpc) is 2.36. The molecule has 0 N–H and O–H groups in total. The Balaban J connectivity index is 0.000000980. The summed E-state index contributed by atoms with van der Waals surface area (Å²) in [7, 11) is 0. The smallest absolute Gasteiger partial charge is 1.00 e. The molecule has 1 aliphatic rings. The van der Waals surface area contributed by atoms with Crippen LogP contribution >= 0.6 is 0 Å². The van der Waals surface area contributed by atoms with Gasteiger partial charge in [-0.25, -0.2) is 0 Å². The van der Waals surface area contributed by atoms with Crippen LogP contribution < -0.4 is 24.8 Å². The molecule has 1 aromatic rings. The summed E-state index contributed by atoms with van der Waals surface area (Å²) in [6, 6.07) is 4.46. The number of hydrogen-bond acceptors (Lipinski definition) is 0. The standard InChI is InChI=1S/C12H13.2ClH.Ti/c1-8-4-5-9(2)12-10(3)6-7-11(8)12;;;/h4-7H,1-3H3;2*1H;/q;;;+2/p-2. The van der Waals surface area contributed by atoms with Gasteiger partial charge in [0.1, 0.15) is 0 Å². The van der Waals surface area contributed by atoms with Crippen LogP contribution in [0.3, 0.4) is 0 Å². The summed E-state index contributed by atoms with van der Waals surface area (Å²) < 4.78 is 0.606. The van der Waals surface area contributed by atoms with Crippen molar-refractivity contribution < 1.29 is 45.2 Å². The maximum Gasteiger partial charge on any atom is -1.00 e. The fourth-order valence-electron chi connectivity index (χ4n) is 2.17. The Morgan fingerprint density at radius 2 is 1.53 bits per heavy atom. The molecule has 0 aliphatic heterocycles. The fourth-order valence-corrected chi connectivity index (χ4v) is 3.14. The van der Waals surface area contributed by atoms with E-state index >= 15 is 0 Å². The van der Waals surface area contributed by atoms with E-state index in [0.29, 0.717) is 4.22 Å². The average molecular weight is 276 g/mol. The molecule has 0 radical (unpaired) electrons. The van der Waals surface area contributed by atoms with Gasteiger partial charge in [-0.3, -0.25) is 0 Å². The Bertz CT molecular complexity index is 397. The van der Waals surface area contributed by atoms with E-state index in [9.17, 15) is 0 Å². The molecule has 2 rings (SSSR count). The van der Waals surface area contributed by atoms with Crippen molar-refractivity contribution in [3.63, 3.8) is 0 Å². The van der Waals surface area contributed by atoms with Gasteiger partial charge in [-0.1, -0.05) is 0 Å². The van der Waals surface area contributed by atoms with Crippen LogP contribution in [0.2, 0.25) is 0 Å². The molecule has 0 saturated carbocycles. The van der Waals surface area contributed by atoms with Crippen LogP contribution in [-0.2, 0) is 20.4 Å². The van der Waals surface area contributed by atoms with Gasteiger partial charge in [0, 0.05) is 0 Å². The van der Waals surface area contributed by atoms with E-state index in [4.69, 9.17) is 0 Å². The molecule has 0 fully saturated rings. The summed E-state index contributed by atoms with van der Waals surface area (Å²) in [5.74, 6) is 0. The van der Waals surface area contributed by atoms with E-state index in [1.807, 2.05) is 0 Å². The third-order valence-corrected chi connectivity index (χ3v) is 3.50. The van der Waals surface area contributed by atoms with Gasteiger partial charge in [0.05, 0.1) is 0 Å². The second-order valence-corrected chi connectivity index (χ2v) is 4.79. The second-order valence-electron chi connectivity index (χ2n) is 3.82. The predicted molar refractivity (Wildman–Crippen MR) is 52.3 cm³/mol. The normalized spacial score (nSPS) is 17.4. The van der Waals surface area contributed by atoms with E-state index in [2.05, 4.69) is 59.4 Å². The van der Waals surface area contributed by atoms with E-state index < -0.39 is 0 Å². The number of benzene rings is 1. The first kappa shape index (κ1) is 15.3. The third kappa shape index (κ3) is 2.50. The summed E-state index contributed by atoms with van der Waals surface area (Å²) in [6.07, 6.45) is 2.37. The largest absolute Gasteiger partial charge is 1.00 e. The van der Waals surface area contributed by atoms with Crippen molar-refractivity contribution in [2.45, 2.75) is 25.0 Å². The molecular weight excluding hydrogens is 263 g/mol. The topological polar surface area (TPSA) is 0 Å². The summed E-state index contributed by atoms with van der Waals surface area (Å²) >= 11 is 2.28. The molecule has 0 saturated heterocycles. The molecule has 0 heterocycles. The van der Waals surface area contributed by atoms with Gasteiger partial charge < -0.3 is 24.8 Å². The maximum absolute atomic E-state index is 2.37. The number of halogens is 2. The van der Waals surface area contributed by atoms with Crippen molar-refractivity contribution in [3.05, 3.63) is 40.5 Å². The zero-order valence-corrected chi connectivity index (χ0v) is 12.1. The van der Waals surface area contributed by atoms with Crippen LogP contribution in [0.25, 0.3) is 5.57 Å². The van der Waals surface area contributed by atoms with Crippen LogP contribution in [0.4, 0.5) is 0 Å². The first-order valence-electron chi connectivity index (χ1n) is 4.61. The number of rotatable bonds is 0. The van der Waals surface area contributed by atoms with Gasteiger partial charge in [0.2, 0.25) is 0 Å². The molecule has 79 valence electrons. The predicted octanol–water partition coefficient (Wildman–Crippen LogP) is -2.68. The Hall–Kier alpha value is 0.254. The monoisotopic (exact) mass is 275 g/mol. The summed E-state index contributed by atoms with van der Waals surface area (Å²) in [6.45, 7) is 6.63. The Morgan fingerprint density at radius 1 is 1.00 bits per heavy atom. The zero-order valence-electron chi connectivity index (χ0n) is 9.07. The quantitative estimate of drug-likeness (QED) is 0.453. The Labute approximate surface area is 116 Å². The van der Waals surface area contributed by atoms with Crippen LogP contribution in [0, 0.1) is 13.8 Å². The van der Waals surface area contributed by atoms with Crippen molar-refractivity contribution in [2.75, 3.05) is 0 Å². The Kier molecular flexibility index (Phi) is 5.64. The molecule has 1 unspecified atom stereocenters. The molecule has 1 aliphatic carbocycles. The zero-order chi connectivity index (χ0) is 9.59. The van der Waals surface area contributed by atoms with Gasteiger partial charge in [-0.15, -0.1) is 0 Å². The van der Waals surface area contributed by atoms with E-state index in [1.54, 1.807) is 0 Å². The SMILES string of the molecule is CC1=C[CH]([Ti+2])c2c(C)ccc(C)c21.[Cl-].[Cl-]. The third-order valence-electron chi connectivity index (χ3n) is 2.79. The first-order chi connectivity index (χ1) is 6.11. The van der Waals surface area contributed by atoms with E-state index in [0.717, 1.165) is 0 Å². The van der Waals surface area contributed by atoms with Crippen molar-refractivity contribution in [2.24, 2.45) is 0 Å². The van der Waals surface area contributed by atoms with Crippen LogP contribution in [-0.4, -0.2) is 0 Å². The molecule has 0 aromatic heterocycles. The second kappa shape index (κ2) is 5.54. The Morgan fingerprint density at radius 3 is 2.07 bits per heavy atom. The number of allylic oxidation sites excluding steroid dienone is 2. The van der Waals surface area contributed by atoms with Crippen LogP contribution in [0.5, 0.6) is 0 Å². The number of fused-ring (bicyclic) bond motifs is 1. The van der Waals surface area contributed by atoms with Gasteiger partial charge >= 0.3 is 91.5 Å². The van der Waals surface area contributed by atoms with Gasteiger partial charge in [0.15, 0.2) is 0 Å². The van der Waals surface area contributed by atoms with Gasteiger partial charge in [0.25, 0.3) is 0 Å².